The predicted octanol–water partition coefficient (Wildman–Crippen LogP) is 1.87. The van der Waals surface area contributed by atoms with Crippen LogP contribution in [0.1, 0.15) is 19.8 Å². The number of piperazine rings is 1. The maximum atomic E-state index is 12.8. The molecule has 3 rings (SSSR count). The van der Waals surface area contributed by atoms with Crippen molar-refractivity contribution < 1.29 is 13.2 Å². The number of hydrogen-bond acceptors (Lipinski definition) is 4. The summed E-state index contributed by atoms with van der Waals surface area (Å²) in [6.07, 6.45) is 1.84. The number of carbonyl (C=O) groups is 1. The van der Waals surface area contributed by atoms with Crippen LogP contribution in [-0.4, -0.2) is 73.6 Å². The van der Waals surface area contributed by atoms with Crippen LogP contribution < -0.4 is 5.32 Å². The number of benzene rings is 1. The number of nitrogens with one attached hydrogen (secondary N) is 1. The average Bonchev–Trinajstić information content (AvgIpc) is 2.64. The molecule has 2 aliphatic heterocycles. The third-order valence-electron chi connectivity index (χ3n) is 5.22. The molecule has 1 amide bonds. The van der Waals surface area contributed by atoms with Crippen molar-refractivity contribution in [3.63, 3.8) is 0 Å². The molecule has 2 saturated heterocycles. The topological polar surface area (TPSA) is 73.0 Å². The zero-order valence-electron chi connectivity index (χ0n) is 15.6. The van der Waals surface area contributed by atoms with Gasteiger partial charge in [0.25, 0.3) is 10.2 Å². The van der Waals surface area contributed by atoms with Crippen LogP contribution in [0, 0.1) is 5.92 Å². The first-order chi connectivity index (χ1) is 12.8. The first-order valence-corrected chi connectivity index (χ1v) is 11.1. The van der Waals surface area contributed by atoms with Crippen molar-refractivity contribution in [3.8, 4) is 0 Å². The Hall–Kier alpha value is -1.19. The Morgan fingerprint density at radius 3 is 2.19 bits per heavy atom. The van der Waals surface area contributed by atoms with Gasteiger partial charge in [-0.3, -0.25) is 9.69 Å². The van der Waals surface area contributed by atoms with E-state index in [2.05, 4.69) is 12.2 Å². The highest BCUT2D eigenvalue weighted by Gasteiger charge is 2.34. The van der Waals surface area contributed by atoms with Crippen LogP contribution in [0.25, 0.3) is 0 Å². The third kappa shape index (κ3) is 5.42. The van der Waals surface area contributed by atoms with E-state index in [-0.39, 0.29) is 12.5 Å². The molecule has 0 aromatic heterocycles. The molecule has 9 heteroatoms. The van der Waals surface area contributed by atoms with E-state index < -0.39 is 10.2 Å². The van der Waals surface area contributed by atoms with Gasteiger partial charge in [-0.1, -0.05) is 18.5 Å². The Kier molecular flexibility index (Phi) is 6.75. The molecule has 2 aliphatic rings. The maximum absolute atomic E-state index is 12.8. The Labute approximate surface area is 166 Å². The normalized spacial score (nSPS) is 21.3. The van der Waals surface area contributed by atoms with E-state index in [0.29, 0.717) is 55.9 Å². The van der Waals surface area contributed by atoms with Crippen LogP contribution in [0.3, 0.4) is 0 Å². The largest absolute Gasteiger partial charge is 0.325 e. The van der Waals surface area contributed by atoms with Crippen molar-refractivity contribution >= 4 is 33.4 Å². The first kappa shape index (κ1) is 20.5. The minimum absolute atomic E-state index is 0.112. The van der Waals surface area contributed by atoms with Gasteiger partial charge < -0.3 is 5.32 Å². The Morgan fingerprint density at radius 1 is 1.04 bits per heavy atom. The lowest BCUT2D eigenvalue weighted by Gasteiger charge is -2.38. The highest BCUT2D eigenvalue weighted by molar-refractivity contribution is 7.86. The Morgan fingerprint density at radius 2 is 1.59 bits per heavy atom. The van der Waals surface area contributed by atoms with Crippen LogP contribution in [0.4, 0.5) is 5.69 Å². The molecule has 1 aromatic carbocycles. The molecular formula is C18H27ClN4O3S. The zero-order valence-corrected chi connectivity index (χ0v) is 17.2. The fraction of sp³-hybridized carbons (Fsp3) is 0.611. The molecule has 0 radical (unpaired) electrons. The fourth-order valence-corrected chi connectivity index (χ4v) is 5.18. The van der Waals surface area contributed by atoms with E-state index >= 15 is 0 Å². The summed E-state index contributed by atoms with van der Waals surface area (Å²) in [4.78, 5) is 14.2. The molecule has 2 fully saturated rings. The molecule has 0 aliphatic carbocycles. The molecule has 0 bridgehead atoms. The van der Waals surface area contributed by atoms with Crippen LogP contribution in [0.15, 0.2) is 24.3 Å². The summed E-state index contributed by atoms with van der Waals surface area (Å²) < 4.78 is 28.7. The van der Waals surface area contributed by atoms with Gasteiger partial charge in [-0.05, 0) is 43.0 Å². The number of halogens is 1. The van der Waals surface area contributed by atoms with Gasteiger partial charge in [0, 0.05) is 50.0 Å². The molecule has 150 valence electrons. The maximum Gasteiger partial charge on any atom is 0.282 e. The molecule has 0 saturated carbocycles. The molecule has 7 nitrogen and oxygen atoms in total. The van der Waals surface area contributed by atoms with Crippen LogP contribution >= 0.6 is 11.6 Å². The van der Waals surface area contributed by atoms with Gasteiger partial charge in [-0.15, -0.1) is 0 Å². The summed E-state index contributed by atoms with van der Waals surface area (Å²) in [6.45, 7) is 5.57. The number of nitrogens with zero attached hydrogens (tertiary/aromatic N) is 3. The second-order valence-corrected chi connectivity index (χ2v) is 9.68. The lowest BCUT2D eigenvalue weighted by Crippen LogP contribution is -2.55. The van der Waals surface area contributed by atoms with Crippen molar-refractivity contribution in [3.05, 3.63) is 29.3 Å². The summed E-state index contributed by atoms with van der Waals surface area (Å²) in [7, 11) is -3.39. The van der Waals surface area contributed by atoms with Gasteiger partial charge in [0.2, 0.25) is 5.91 Å². The van der Waals surface area contributed by atoms with Crippen molar-refractivity contribution in [2.75, 3.05) is 51.1 Å². The van der Waals surface area contributed by atoms with Gasteiger partial charge in [-0.2, -0.15) is 17.0 Å². The van der Waals surface area contributed by atoms with Gasteiger partial charge in [-0.25, -0.2) is 0 Å². The van der Waals surface area contributed by atoms with Crippen LogP contribution in [0.2, 0.25) is 5.02 Å². The minimum atomic E-state index is -3.39. The predicted molar refractivity (Wildman–Crippen MR) is 107 cm³/mol. The second kappa shape index (κ2) is 8.87. The van der Waals surface area contributed by atoms with E-state index in [1.54, 1.807) is 32.9 Å². The summed E-state index contributed by atoms with van der Waals surface area (Å²) in [5, 5.41) is 3.45. The molecule has 1 aromatic rings. The lowest BCUT2D eigenvalue weighted by atomic mass is 10.0. The summed E-state index contributed by atoms with van der Waals surface area (Å²) >= 11 is 5.84. The van der Waals surface area contributed by atoms with Gasteiger partial charge in [0.15, 0.2) is 0 Å². The standard InChI is InChI=1S/C18H27ClN4O3S/c1-15-6-8-22(9-7-15)27(25,26)23-12-10-21(11-13-23)14-18(24)20-17-4-2-16(19)3-5-17/h2-5,15H,6-14H2,1H3,(H,20,24). The van der Waals surface area contributed by atoms with Crippen molar-refractivity contribution in [1.82, 2.24) is 13.5 Å². The summed E-state index contributed by atoms with van der Waals surface area (Å²) in [5.41, 5.74) is 0.699. The average molecular weight is 415 g/mol. The van der Waals surface area contributed by atoms with Crippen molar-refractivity contribution in [2.24, 2.45) is 5.92 Å². The smallest absolute Gasteiger partial charge is 0.282 e. The van der Waals surface area contributed by atoms with Crippen LogP contribution in [0.5, 0.6) is 0 Å². The molecule has 27 heavy (non-hydrogen) atoms. The first-order valence-electron chi connectivity index (χ1n) is 9.37. The zero-order chi connectivity index (χ0) is 19.4. The van der Waals surface area contributed by atoms with Crippen molar-refractivity contribution in [1.29, 1.82) is 0 Å². The van der Waals surface area contributed by atoms with E-state index in [1.807, 2.05) is 4.90 Å². The number of carbonyl (C=O) groups excluding carboxylic acids is 1. The molecular weight excluding hydrogens is 388 g/mol. The lowest BCUT2D eigenvalue weighted by molar-refractivity contribution is -0.117. The summed E-state index contributed by atoms with van der Waals surface area (Å²) in [6, 6.07) is 6.96. The molecule has 0 spiro atoms. The molecule has 0 unspecified atom stereocenters. The van der Waals surface area contributed by atoms with Gasteiger partial charge >= 0.3 is 0 Å². The Balaban J connectivity index is 1.47. The quantitative estimate of drug-likeness (QED) is 0.798. The van der Waals surface area contributed by atoms with Crippen LogP contribution in [-0.2, 0) is 15.0 Å². The molecule has 2 heterocycles. The van der Waals surface area contributed by atoms with Crippen molar-refractivity contribution in [2.45, 2.75) is 19.8 Å². The van der Waals surface area contributed by atoms with Gasteiger partial charge in [0.05, 0.1) is 6.54 Å². The molecule has 0 atom stereocenters. The second-order valence-electron chi connectivity index (χ2n) is 7.32. The highest BCUT2D eigenvalue weighted by atomic mass is 35.5. The number of piperidine rings is 1. The summed E-state index contributed by atoms with van der Waals surface area (Å²) in [5.74, 6) is 0.478. The number of rotatable bonds is 5. The van der Waals surface area contributed by atoms with E-state index in [0.717, 1.165) is 12.8 Å². The third-order valence-corrected chi connectivity index (χ3v) is 7.51. The van der Waals surface area contributed by atoms with E-state index in [1.165, 1.54) is 0 Å². The van der Waals surface area contributed by atoms with E-state index in [9.17, 15) is 13.2 Å². The minimum Gasteiger partial charge on any atom is -0.325 e. The highest BCUT2D eigenvalue weighted by Crippen LogP contribution is 2.21. The SMILES string of the molecule is CC1CCN(S(=O)(=O)N2CCN(CC(=O)Nc3ccc(Cl)cc3)CC2)CC1. The molecule has 1 N–H and O–H groups in total. The number of hydrogen-bond donors (Lipinski definition) is 1. The monoisotopic (exact) mass is 414 g/mol. The van der Waals surface area contributed by atoms with E-state index in [4.69, 9.17) is 11.6 Å². The fourth-order valence-electron chi connectivity index (χ4n) is 3.43. The van der Waals surface area contributed by atoms with Gasteiger partial charge in [0.1, 0.15) is 0 Å². The number of amides is 1. The number of anilines is 1. The Bertz CT molecular complexity index is 740.